The minimum absolute atomic E-state index is 0.256. The van der Waals surface area contributed by atoms with Gasteiger partial charge in [0, 0.05) is 15.7 Å². The van der Waals surface area contributed by atoms with Gasteiger partial charge in [-0.1, -0.05) is 13.3 Å². The highest BCUT2D eigenvalue weighted by molar-refractivity contribution is 7.20. The molecule has 0 saturated heterocycles. The second-order valence-corrected chi connectivity index (χ2v) is 6.50. The van der Waals surface area contributed by atoms with Gasteiger partial charge in [-0.3, -0.25) is 0 Å². The molecule has 1 aromatic heterocycles. The molecule has 0 amide bonds. The zero-order valence-corrected chi connectivity index (χ0v) is 15.1. The fourth-order valence-electron chi connectivity index (χ4n) is 2.58. The number of allylic oxidation sites excluding steroid dienone is 1. The van der Waals surface area contributed by atoms with Crippen molar-refractivity contribution in [2.45, 2.75) is 40.0 Å². The van der Waals surface area contributed by atoms with Crippen LogP contribution in [0.25, 0.3) is 15.7 Å². The molecule has 0 radical (unpaired) electrons. The summed E-state index contributed by atoms with van der Waals surface area (Å²) in [7, 11) is 1.68. The number of benzene rings is 1. The van der Waals surface area contributed by atoms with Crippen molar-refractivity contribution >= 4 is 33.0 Å². The Labute approximate surface area is 141 Å². The van der Waals surface area contributed by atoms with Crippen LogP contribution in [0, 0.1) is 6.92 Å². The number of aryl methyl sites for hydroxylation is 1. The fraction of sp³-hybridized carbons (Fsp3) is 0.421. The maximum absolute atomic E-state index is 11.9. The Morgan fingerprint density at radius 1 is 1.30 bits per heavy atom. The van der Waals surface area contributed by atoms with Crippen LogP contribution in [0.1, 0.15) is 43.6 Å². The Morgan fingerprint density at radius 3 is 2.74 bits per heavy atom. The molecule has 0 spiro atoms. The number of hydrogen-bond donors (Lipinski definition) is 0. The molecule has 2 aromatic rings. The number of fused-ring (bicyclic) bond motifs is 1. The molecule has 23 heavy (non-hydrogen) atoms. The molecule has 0 atom stereocenters. The lowest BCUT2D eigenvalue weighted by atomic mass is 10.0. The van der Waals surface area contributed by atoms with Crippen LogP contribution >= 0.6 is 11.3 Å². The van der Waals surface area contributed by atoms with Gasteiger partial charge in [0.15, 0.2) is 0 Å². The van der Waals surface area contributed by atoms with Gasteiger partial charge in [-0.25, -0.2) is 4.79 Å². The molecule has 3 nitrogen and oxygen atoms in total. The van der Waals surface area contributed by atoms with Crippen molar-refractivity contribution in [2.24, 2.45) is 0 Å². The predicted molar refractivity (Wildman–Crippen MR) is 97.2 cm³/mol. The molecule has 1 aromatic carbocycles. The number of thiophene rings is 1. The van der Waals surface area contributed by atoms with Crippen molar-refractivity contribution in [1.29, 1.82) is 0 Å². The van der Waals surface area contributed by atoms with E-state index in [9.17, 15) is 4.79 Å². The third-order valence-electron chi connectivity index (χ3n) is 3.82. The van der Waals surface area contributed by atoms with E-state index in [0.29, 0.717) is 6.61 Å². The lowest BCUT2D eigenvalue weighted by molar-refractivity contribution is -0.137. The highest BCUT2D eigenvalue weighted by Crippen LogP contribution is 2.38. The van der Waals surface area contributed by atoms with Gasteiger partial charge in [0.1, 0.15) is 5.75 Å². The van der Waals surface area contributed by atoms with Crippen LogP contribution in [0.15, 0.2) is 24.3 Å². The van der Waals surface area contributed by atoms with E-state index >= 15 is 0 Å². The monoisotopic (exact) mass is 332 g/mol. The van der Waals surface area contributed by atoms with Crippen molar-refractivity contribution in [3.05, 3.63) is 34.7 Å². The molecule has 124 valence electrons. The van der Waals surface area contributed by atoms with Gasteiger partial charge >= 0.3 is 5.97 Å². The van der Waals surface area contributed by atoms with Gasteiger partial charge in [0.2, 0.25) is 0 Å². The maximum Gasteiger partial charge on any atom is 0.331 e. The van der Waals surface area contributed by atoms with Crippen LogP contribution in [-0.2, 0) is 9.53 Å². The molecule has 1 heterocycles. The minimum Gasteiger partial charge on any atom is -0.497 e. The van der Waals surface area contributed by atoms with Crippen molar-refractivity contribution in [2.75, 3.05) is 13.7 Å². The molecule has 0 fully saturated rings. The summed E-state index contributed by atoms with van der Waals surface area (Å²) in [5.74, 6) is 0.600. The lowest BCUT2D eigenvalue weighted by Gasteiger charge is -2.06. The number of ether oxygens (including phenoxy) is 2. The first kappa shape index (κ1) is 17.5. The van der Waals surface area contributed by atoms with Crippen LogP contribution < -0.4 is 4.74 Å². The third-order valence-corrected chi connectivity index (χ3v) is 5.15. The van der Waals surface area contributed by atoms with Crippen molar-refractivity contribution in [1.82, 2.24) is 0 Å². The second kappa shape index (κ2) is 8.16. The molecule has 0 aliphatic rings. The van der Waals surface area contributed by atoms with Gasteiger partial charge < -0.3 is 9.47 Å². The first-order valence-electron chi connectivity index (χ1n) is 8.05. The van der Waals surface area contributed by atoms with Crippen molar-refractivity contribution < 1.29 is 14.3 Å². The van der Waals surface area contributed by atoms with E-state index in [4.69, 9.17) is 9.47 Å². The smallest absolute Gasteiger partial charge is 0.331 e. The number of carbonyl (C=O) groups is 1. The summed E-state index contributed by atoms with van der Waals surface area (Å²) in [6.45, 7) is 6.50. The van der Waals surface area contributed by atoms with E-state index in [0.717, 1.165) is 30.6 Å². The van der Waals surface area contributed by atoms with E-state index in [1.165, 1.54) is 20.5 Å². The average Bonchev–Trinajstić information content (AvgIpc) is 2.88. The summed E-state index contributed by atoms with van der Waals surface area (Å²) in [5.41, 5.74) is 2.29. The van der Waals surface area contributed by atoms with E-state index in [2.05, 4.69) is 26.0 Å². The molecule has 0 aliphatic carbocycles. The van der Waals surface area contributed by atoms with Gasteiger partial charge in [-0.05, 0) is 61.4 Å². The molecule has 0 bridgehead atoms. The Morgan fingerprint density at radius 2 is 2.09 bits per heavy atom. The standard InChI is InChI=1S/C19H24O3S/c1-5-7-8-14(11-18(20)22-6-2)19-13(3)16-10-9-15(21-4)12-17(16)23-19/h9-12H,5-8H2,1-4H3/b14-11-. The lowest BCUT2D eigenvalue weighted by Crippen LogP contribution is -2.01. The van der Waals surface area contributed by atoms with Crippen LogP contribution in [0.4, 0.5) is 0 Å². The van der Waals surface area contributed by atoms with Crippen LogP contribution in [0.3, 0.4) is 0 Å². The van der Waals surface area contributed by atoms with Crippen LogP contribution in [0.2, 0.25) is 0 Å². The Bertz CT molecular complexity index is 713. The zero-order chi connectivity index (χ0) is 16.8. The van der Waals surface area contributed by atoms with Gasteiger partial charge in [0.25, 0.3) is 0 Å². The highest BCUT2D eigenvalue weighted by atomic mass is 32.1. The maximum atomic E-state index is 11.9. The molecule has 0 N–H and O–H groups in total. The number of hydrogen-bond acceptors (Lipinski definition) is 4. The second-order valence-electron chi connectivity index (χ2n) is 5.44. The summed E-state index contributed by atoms with van der Waals surface area (Å²) in [6, 6.07) is 6.12. The first-order valence-corrected chi connectivity index (χ1v) is 8.87. The molecular formula is C19H24O3S. The van der Waals surface area contributed by atoms with Crippen LogP contribution in [-0.4, -0.2) is 19.7 Å². The SMILES string of the molecule is CCCC/C(=C/C(=O)OCC)c1sc2cc(OC)ccc2c1C. The Balaban J connectivity index is 2.46. The summed E-state index contributed by atoms with van der Waals surface area (Å²) < 4.78 is 11.6. The van der Waals surface area contributed by atoms with Gasteiger partial charge in [-0.15, -0.1) is 11.3 Å². The fourth-order valence-corrected chi connectivity index (χ4v) is 3.86. The summed E-state index contributed by atoms with van der Waals surface area (Å²) in [5, 5.41) is 1.22. The van der Waals surface area contributed by atoms with Crippen molar-refractivity contribution in [3.8, 4) is 5.75 Å². The first-order chi connectivity index (χ1) is 11.1. The molecule has 2 rings (SSSR count). The number of esters is 1. The van der Waals surface area contributed by atoms with E-state index in [1.807, 2.05) is 13.0 Å². The summed E-state index contributed by atoms with van der Waals surface area (Å²) >= 11 is 1.72. The van der Waals surface area contributed by atoms with Gasteiger partial charge in [-0.2, -0.15) is 0 Å². The summed E-state index contributed by atoms with van der Waals surface area (Å²) in [4.78, 5) is 13.1. The summed E-state index contributed by atoms with van der Waals surface area (Å²) in [6.07, 6.45) is 4.70. The normalized spacial score (nSPS) is 11.7. The third kappa shape index (κ3) is 4.14. The molecule has 0 unspecified atom stereocenters. The van der Waals surface area contributed by atoms with E-state index in [1.54, 1.807) is 24.5 Å². The molecule has 4 heteroatoms. The molecule has 0 aliphatic heterocycles. The predicted octanol–water partition coefficient (Wildman–Crippen LogP) is 5.36. The Kier molecular flexibility index (Phi) is 6.22. The molecular weight excluding hydrogens is 308 g/mol. The molecule has 0 saturated carbocycles. The van der Waals surface area contributed by atoms with E-state index < -0.39 is 0 Å². The average molecular weight is 332 g/mol. The quantitative estimate of drug-likeness (QED) is 0.506. The highest BCUT2D eigenvalue weighted by Gasteiger charge is 2.14. The number of rotatable bonds is 7. The van der Waals surface area contributed by atoms with E-state index in [-0.39, 0.29) is 5.97 Å². The minimum atomic E-state index is -0.256. The largest absolute Gasteiger partial charge is 0.497 e. The van der Waals surface area contributed by atoms with Crippen LogP contribution in [0.5, 0.6) is 5.75 Å². The topological polar surface area (TPSA) is 35.5 Å². The number of unbranched alkanes of at least 4 members (excludes halogenated alkanes) is 1. The number of methoxy groups -OCH3 is 1. The van der Waals surface area contributed by atoms with Gasteiger partial charge in [0.05, 0.1) is 13.7 Å². The Hall–Kier alpha value is -1.81. The number of carbonyl (C=O) groups excluding carboxylic acids is 1. The van der Waals surface area contributed by atoms with Crippen molar-refractivity contribution in [3.63, 3.8) is 0 Å². The zero-order valence-electron chi connectivity index (χ0n) is 14.3.